The van der Waals surface area contributed by atoms with E-state index < -0.39 is 6.04 Å². The molecule has 0 radical (unpaired) electrons. The summed E-state index contributed by atoms with van der Waals surface area (Å²) in [7, 11) is 1.84. The summed E-state index contributed by atoms with van der Waals surface area (Å²) in [5.41, 5.74) is 3.40. The third kappa shape index (κ3) is 3.42. The SMILES string of the molecule is Cc1ccc(CN2C[C@@H]3CN(C)C(=O)[C@H](Cc4ccccc4)N3C2=O)cc1. The largest absolute Gasteiger partial charge is 0.342 e. The lowest BCUT2D eigenvalue weighted by atomic mass is 9.99. The average molecular weight is 363 g/mol. The molecule has 2 atom stereocenters. The predicted molar refractivity (Wildman–Crippen MR) is 104 cm³/mol. The van der Waals surface area contributed by atoms with Crippen LogP contribution >= 0.6 is 0 Å². The van der Waals surface area contributed by atoms with Gasteiger partial charge >= 0.3 is 6.03 Å². The smallest absolute Gasteiger partial charge is 0.321 e. The number of benzene rings is 2. The van der Waals surface area contributed by atoms with Crippen LogP contribution in [0.1, 0.15) is 16.7 Å². The Labute approximate surface area is 160 Å². The van der Waals surface area contributed by atoms with E-state index in [0.717, 1.165) is 11.1 Å². The van der Waals surface area contributed by atoms with Crippen molar-refractivity contribution < 1.29 is 9.59 Å². The Morgan fingerprint density at radius 1 is 0.926 bits per heavy atom. The van der Waals surface area contributed by atoms with Crippen molar-refractivity contribution in [2.24, 2.45) is 0 Å². The standard InChI is InChI=1S/C22H25N3O2/c1-16-8-10-18(11-9-16)13-24-15-19-14-23(2)21(26)20(25(19)22(24)27)12-17-6-4-3-5-7-17/h3-11,19-20H,12-15H2,1-2H3/t19-,20-/m0/s1. The van der Waals surface area contributed by atoms with Crippen molar-refractivity contribution in [3.63, 3.8) is 0 Å². The van der Waals surface area contributed by atoms with Gasteiger partial charge in [-0.2, -0.15) is 0 Å². The van der Waals surface area contributed by atoms with Crippen LogP contribution in [0.25, 0.3) is 0 Å². The van der Waals surface area contributed by atoms with Crippen LogP contribution in [0.2, 0.25) is 0 Å². The van der Waals surface area contributed by atoms with Crippen molar-refractivity contribution >= 4 is 11.9 Å². The molecule has 27 heavy (non-hydrogen) atoms. The molecule has 2 fully saturated rings. The fourth-order valence-electron chi connectivity index (χ4n) is 4.12. The number of nitrogens with zero attached hydrogens (tertiary/aromatic N) is 3. The van der Waals surface area contributed by atoms with Gasteiger partial charge in [0.25, 0.3) is 0 Å². The summed E-state index contributed by atoms with van der Waals surface area (Å²) in [6.07, 6.45) is 0.560. The first-order valence-corrected chi connectivity index (χ1v) is 9.44. The van der Waals surface area contributed by atoms with Gasteiger partial charge in [0, 0.05) is 33.1 Å². The van der Waals surface area contributed by atoms with Crippen LogP contribution in [0.5, 0.6) is 0 Å². The monoisotopic (exact) mass is 363 g/mol. The molecule has 5 nitrogen and oxygen atoms in total. The molecule has 0 saturated carbocycles. The number of piperazine rings is 1. The molecule has 2 aliphatic rings. The zero-order valence-electron chi connectivity index (χ0n) is 15.8. The zero-order valence-corrected chi connectivity index (χ0v) is 15.8. The van der Waals surface area contributed by atoms with Gasteiger partial charge in [-0.25, -0.2) is 4.79 Å². The van der Waals surface area contributed by atoms with Gasteiger partial charge in [0.15, 0.2) is 0 Å². The average Bonchev–Trinajstić information content (AvgIpc) is 2.97. The molecule has 2 aromatic rings. The molecule has 2 aliphatic heterocycles. The van der Waals surface area contributed by atoms with E-state index in [4.69, 9.17) is 0 Å². The van der Waals surface area contributed by atoms with Gasteiger partial charge in [-0.3, -0.25) is 4.79 Å². The van der Waals surface area contributed by atoms with E-state index in [-0.39, 0.29) is 18.0 Å². The first-order valence-electron chi connectivity index (χ1n) is 9.44. The van der Waals surface area contributed by atoms with Gasteiger partial charge < -0.3 is 14.7 Å². The highest BCUT2D eigenvalue weighted by molar-refractivity contribution is 5.90. The first kappa shape index (κ1) is 17.6. The van der Waals surface area contributed by atoms with E-state index >= 15 is 0 Å². The summed E-state index contributed by atoms with van der Waals surface area (Å²) in [5.74, 6) is 0.0284. The van der Waals surface area contributed by atoms with Crippen molar-refractivity contribution in [3.05, 3.63) is 71.3 Å². The zero-order chi connectivity index (χ0) is 19.0. The van der Waals surface area contributed by atoms with Crippen LogP contribution in [0.4, 0.5) is 4.79 Å². The number of rotatable bonds is 4. The maximum Gasteiger partial charge on any atom is 0.321 e. The second-order valence-corrected chi connectivity index (χ2v) is 7.63. The molecule has 0 unspecified atom stereocenters. The van der Waals surface area contributed by atoms with Crippen molar-refractivity contribution in [1.29, 1.82) is 0 Å². The second kappa shape index (κ2) is 7.06. The summed E-state index contributed by atoms with van der Waals surface area (Å²) in [6.45, 7) is 3.90. The highest BCUT2D eigenvalue weighted by Gasteiger charge is 2.48. The van der Waals surface area contributed by atoms with Crippen LogP contribution in [-0.2, 0) is 17.8 Å². The van der Waals surface area contributed by atoms with Crippen molar-refractivity contribution in [1.82, 2.24) is 14.7 Å². The molecule has 4 rings (SSSR count). The van der Waals surface area contributed by atoms with Gasteiger partial charge in [0.05, 0.1) is 6.04 Å². The quantitative estimate of drug-likeness (QED) is 0.838. The molecule has 2 heterocycles. The van der Waals surface area contributed by atoms with Crippen molar-refractivity contribution in [3.8, 4) is 0 Å². The highest BCUT2D eigenvalue weighted by Crippen LogP contribution is 2.28. The summed E-state index contributed by atoms with van der Waals surface area (Å²) < 4.78 is 0. The number of likely N-dealkylation sites (N-methyl/N-ethyl adjacent to an activating group) is 1. The number of carbonyl (C=O) groups excluding carboxylic acids is 2. The summed E-state index contributed by atoms with van der Waals surface area (Å²) >= 11 is 0. The predicted octanol–water partition coefficient (Wildman–Crippen LogP) is 2.68. The summed E-state index contributed by atoms with van der Waals surface area (Å²) in [4.78, 5) is 31.5. The maximum absolute atomic E-state index is 13.1. The topological polar surface area (TPSA) is 43.9 Å². The number of carbonyl (C=O) groups is 2. The van der Waals surface area contributed by atoms with Crippen LogP contribution < -0.4 is 0 Å². The molecular formula is C22H25N3O2. The molecule has 140 valence electrons. The van der Waals surface area contributed by atoms with Crippen LogP contribution in [-0.4, -0.2) is 58.9 Å². The van der Waals surface area contributed by atoms with Gasteiger partial charge in [-0.1, -0.05) is 60.2 Å². The number of fused-ring (bicyclic) bond motifs is 1. The van der Waals surface area contributed by atoms with Crippen molar-refractivity contribution in [2.75, 3.05) is 20.1 Å². The fourth-order valence-corrected chi connectivity index (χ4v) is 4.12. The molecule has 0 aromatic heterocycles. The molecule has 0 spiro atoms. The minimum absolute atomic E-state index is 0.0250. The maximum atomic E-state index is 13.1. The van der Waals surface area contributed by atoms with E-state index in [1.165, 1.54) is 5.56 Å². The molecular weight excluding hydrogens is 338 g/mol. The minimum Gasteiger partial charge on any atom is -0.342 e. The van der Waals surface area contributed by atoms with Gasteiger partial charge in [0.2, 0.25) is 5.91 Å². The van der Waals surface area contributed by atoms with Crippen LogP contribution in [0.15, 0.2) is 54.6 Å². The summed E-state index contributed by atoms with van der Waals surface area (Å²) in [6, 6.07) is 17.8. The van der Waals surface area contributed by atoms with E-state index in [0.29, 0.717) is 26.1 Å². The van der Waals surface area contributed by atoms with E-state index in [1.54, 1.807) is 4.90 Å². The Balaban J connectivity index is 1.56. The Hall–Kier alpha value is -2.82. The Morgan fingerprint density at radius 3 is 2.33 bits per heavy atom. The van der Waals surface area contributed by atoms with Crippen molar-refractivity contribution in [2.45, 2.75) is 32.0 Å². The second-order valence-electron chi connectivity index (χ2n) is 7.63. The number of amides is 3. The van der Waals surface area contributed by atoms with Gasteiger partial charge in [-0.05, 0) is 18.1 Å². The first-order chi connectivity index (χ1) is 13.0. The Morgan fingerprint density at radius 2 is 1.63 bits per heavy atom. The van der Waals surface area contributed by atoms with Gasteiger partial charge in [-0.15, -0.1) is 0 Å². The molecule has 0 aliphatic carbocycles. The lowest BCUT2D eigenvalue weighted by Gasteiger charge is -2.40. The Bertz CT molecular complexity index is 834. The lowest BCUT2D eigenvalue weighted by Crippen LogP contribution is -2.60. The molecule has 5 heteroatoms. The highest BCUT2D eigenvalue weighted by atomic mass is 16.2. The normalized spacial score (nSPS) is 22.4. The summed E-state index contributed by atoms with van der Waals surface area (Å²) in [5, 5.41) is 0. The number of aryl methyl sites for hydroxylation is 1. The third-order valence-electron chi connectivity index (χ3n) is 5.56. The van der Waals surface area contributed by atoms with E-state index in [1.807, 2.05) is 47.2 Å². The minimum atomic E-state index is -0.424. The van der Waals surface area contributed by atoms with E-state index in [9.17, 15) is 9.59 Å². The third-order valence-corrected chi connectivity index (χ3v) is 5.56. The van der Waals surface area contributed by atoms with Gasteiger partial charge in [0.1, 0.15) is 6.04 Å². The van der Waals surface area contributed by atoms with Crippen LogP contribution in [0.3, 0.4) is 0 Å². The van der Waals surface area contributed by atoms with E-state index in [2.05, 4.69) is 31.2 Å². The molecule has 2 saturated heterocycles. The molecule has 0 N–H and O–H groups in total. The molecule has 0 bridgehead atoms. The number of urea groups is 1. The van der Waals surface area contributed by atoms with Crippen LogP contribution in [0, 0.1) is 6.92 Å². The number of hydrogen-bond acceptors (Lipinski definition) is 2. The molecule has 3 amide bonds. The fraction of sp³-hybridized carbons (Fsp3) is 0.364. The Kier molecular flexibility index (Phi) is 4.60. The lowest BCUT2D eigenvalue weighted by molar-refractivity contribution is -0.139. The number of hydrogen-bond donors (Lipinski definition) is 0. The molecule has 2 aromatic carbocycles.